The van der Waals surface area contributed by atoms with Crippen molar-refractivity contribution < 1.29 is 19.1 Å². The second kappa shape index (κ2) is 11.1. The molecule has 150 valence electrons. The van der Waals surface area contributed by atoms with E-state index in [1.54, 1.807) is 0 Å². The Bertz CT molecular complexity index is 787. The molecule has 2 rings (SSSR count). The van der Waals surface area contributed by atoms with Crippen LogP contribution in [0, 0.1) is 0 Å². The van der Waals surface area contributed by atoms with Crippen LogP contribution in [0.4, 0.5) is 5.69 Å². The molecule has 2 aromatic rings. The minimum Gasteiger partial charge on any atom is -0.491 e. The summed E-state index contributed by atoms with van der Waals surface area (Å²) in [7, 11) is 1.40. The first-order chi connectivity index (χ1) is 13.5. The number of ether oxygens (including phenoxy) is 2. The largest absolute Gasteiger partial charge is 0.491 e. The zero-order valence-electron chi connectivity index (χ0n) is 16.9. The van der Waals surface area contributed by atoms with Gasteiger partial charge in [0, 0.05) is 18.9 Å². The Balaban J connectivity index is 2.41. The summed E-state index contributed by atoms with van der Waals surface area (Å²) in [6, 6.07) is 14.0. The molecule has 0 heterocycles. The van der Waals surface area contributed by atoms with E-state index in [9.17, 15) is 9.59 Å². The summed E-state index contributed by atoms with van der Waals surface area (Å²) in [5, 5.41) is 2.91. The molecule has 1 N–H and O–H groups in total. The van der Waals surface area contributed by atoms with Gasteiger partial charge in [-0.3, -0.25) is 9.59 Å². The summed E-state index contributed by atoms with van der Waals surface area (Å²) >= 11 is 0. The first kappa shape index (κ1) is 21.5. The van der Waals surface area contributed by atoms with Crippen molar-refractivity contribution in [1.82, 2.24) is 0 Å². The summed E-state index contributed by atoms with van der Waals surface area (Å²) < 4.78 is 10.8. The Hall–Kier alpha value is -2.82. The van der Waals surface area contributed by atoms with E-state index in [0.717, 1.165) is 29.5 Å². The van der Waals surface area contributed by atoms with Crippen LogP contribution < -0.4 is 10.1 Å². The molecule has 1 amide bonds. The molecule has 0 aliphatic rings. The van der Waals surface area contributed by atoms with Crippen molar-refractivity contribution >= 4 is 17.6 Å². The molecule has 0 aliphatic heterocycles. The van der Waals surface area contributed by atoms with Gasteiger partial charge in [0.05, 0.1) is 19.4 Å². The quantitative estimate of drug-likeness (QED) is 0.464. The lowest BCUT2D eigenvalue weighted by Crippen LogP contribution is -2.10. The molecule has 0 bridgehead atoms. The molecule has 5 heteroatoms. The minimum atomic E-state index is -0.218. The van der Waals surface area contributed by atoms with Crippen molar-refractivity contribution in [2.24, 2.45) is 0 Å². The monoisotopic (exact) mass is 383 g/mol. The highest BCUT2D eigenvalue weighted by Gasteiger charge is 2.16. The van der Waals surface area contributed by atoms with Crippen LogP contribution in [-0.2, 0) is 20.7 Å². The van der Waals surface area contributed by atoms with Crippen molar-refractivity contribution in [2.75, 3.05) is 19.0 Å². The number of benzene rings is 2. The van der Waals surface area contributed by atoms with Crippen LogP contribution in [0.5, 0.6) is 5.75 Å². The standard InChI is InChI=1S/C23H29NO4/c1-4-5-14-28-23-20(19-11-7-6-8-12-19)15-18(10-9-13-22(26)27-3)16-21(23)24-17(2)25/h6-8,11-12,15-16H,4-5,9-10,13-14H2,1-3H3,(H,24,25). The lowest BCUT2D eigenvalue weighted by molar-refractivity contribution is -0.140. The third kappa shape index (κ3) is 6.41. The van der Waals surface area contributed by atoms with E-state index in [1.807, 2.05) is 36.4 Å². The van der Waals surface area contributed by atoms with Gasteiger partial charge in [-0.15, -0.1) is 0 Å². The van der Waals surface area contributed by atoms with Gasteiger partial charge in [0.25, 0.3) is 0 Å². The Morgan fingerprint density at radius 1 is 1.07 bits per heavy atom. The maximum absolute atomic E-state index is 11.8. The highest BCUT2D eigenvalue weighted by Crippen LogP contribution is 2.38. The normalized spacial score (nSPS) is 10.4. The number of unbranched alkanes of at least 4 members (excludes halogenated alkanes) is 1. The van der Waals surface area contributed by atoms with E-state index in [-0.39, 0.29) is 11.9 Å². The fourth-order valence-corrected chi connectivity index (χ4v) is 2.96. The third-order valence-corrected chi connectivity index (χ3v) is 4.36. The van der Waals surface area contributed by atoms with E-state index >= 15 is 0 Å². The highest BCUT2D eigenvalue weighted by molar-refractivity contribution is 5.93. The number of anilines is 1. The fourth-order valence-electron chi connectivity index (χ4n) is 2.96. The van der Waals surface area contributed by atoms with Crippen LogP contribution in [0.1, 0.15) is 45.1 Å². The Morgan fingerprint density at radius 2 is 1.82 bits per heavy atom. The van der Waals surface area contributed by atoms with Crippen LogP contribution in [-0.4, -0.2) is 25.6 Å². The molecule has 0 spiro atoms. The van der Waals surface area contributed by atoms with Crippen LogP contribution in [0.3, 0.4) is 0 Å². The average Bonchev–Trinajstić information content (AvgIpc) is 2.69. The van der Waals surface area contributed by atoms with Crippen LogP contribution in [0.2, 0.25) is 0 Å². The molecule has 2 aromatic carbocycles. The molecule has 0 unspecified atom stereocenters. The van der Waals surface area contributed by atoms with Gasteiger partial charge in [-0.1, -0.05) is 43.7 Å². The topological polar surface area (TPSA) is 64.6 Å². The Kier molecular flexibility index (Phi) is 8.53. The lowest BCUT2D eigenvalue weighted by Gasteiger charge is -2.18. The van der Waals surface area contributed by atoms with Crippen LogP contribution in [0.15, 0.2) is 42.5 Å². The summed E-state index contributed by atoms with van der Waals surface area (Å²) in [4.78, 5) is 23.2. The van der Waals surface area contributed by atoms with Crippen LogP contribution in [0.25, 0.3) is 11.1 Å². The summed E-state index contributed by atoms with van der Waals surface area (Å²) in [5.41, 5.74) is 3.67. The van der Waals surface area contributed by atoms with Gasteiger partial charge < -0.3 is 14.8 Å². The second-order valence-corrected chi connectivity index (χ2v) is 6.70. The van der Waals surface area contributed by atoms with E-state index < -0.39 is 0 Å². The van der Waals surface area contributed by atoms with Gasteiger partial charge in [0.1, 0.15) is 0 Å². The number of amides is 1. The number of carbonyl (C=O) groups excluding carboxylic acids is 2. The number of hydrogen-bond donors (Lipinski definition) is 1. The SMILES string of the molecule is CCCCOc1c(NC(C)=O)cc(CCCC(=O)OC)cc1-c1ccccc1. The molecule has 28 heavy (non-hydrogen) atoms. The molecule has 0 aliphatic carbocycles. The van der Waals surface area contributed by atoms with Crippen LogP contribution >= 0.6 is 0 Å². The van der Waals surface area contributed by atoms with E-state index in [0.29, 0.717) is 37.3 Å². The van der Waals surface area contributed by atoms with Crippen molar-refractivity contribution in [3.8, 4) is 16.9 Å². The summed E-state index contributed by atoms with van der Waals surface area (Å²) in [5.74, 6) is 0.322. The predicted molar refractivity (Wildman–Crippen MR) is 112 cm³/mol. The highest BCUT2D eigenvalue weighted by atomic mass is 16.5. The molecule has 0 atom stereocenters. The predicted octanol–water partition coefficient (Wildman–Crippen LogP) is 4.99. The van der Waals surface area contributed by atoms with Gasteiger partial charge in [0.15, 0.2) is 5.75 Å². The minimum absolute atomic E-state index is 0.147. The van der Waals surface area contributed by atoms with Crippen molar-refractivity contribution in [3.05, 3.63) is 48.0 Å². The zero-order chi connectivity index (χ0) is 20.4. The maximum Gasteiger partial charge on any atom is 0.305 e. The first-order valence-electron chi connectivity index (χ1n) is 9.74. The van der Waals surface area contributed by atoms with Gasteiger partial charge in [-0.05, 0) is 42.5 Å². The van der Waals surface area contributed by atoms with E-state index in [4.69, 9.17) is 9.47 Å². The molecular formula is C23H29NO4. The zero-order valence-corrected chi connectivity index (χ0v) is 16.9. The van der Waals surface area contributed by atoms with Crippen molar-refractivity contribution in [1.29, 1.82) is 0 Å². The number of rotatable bonds is 10. The number of hydrogen-bond acceptors (Lipinski definition) is 4. The molecule has 0 saturated heterocycles. The fraction of sp³-hybridized carbons (Fsp3) is 0.391. The van der Waals surface area contributed by atoms with Gasteiger partial charge in [-0.25, -0.2) is 0 Å². The lowest BCUT2D eigenvalue weighted by atomic mass is 9.98. The molecule has 0 saturated carbocycles. The average molecular weight is 383 g/mol. The number of nitrogens with one attached hydrogen (secondary N) is 1. The number of aryl methyl sites for hydroxylation is 1. The summed E-state index contributed by atoms with van der Waals surface area (Å²) in [6.07, 6.45) is 3.71. The molecule has 5 nitrogen and oxygen atoms in total. The van der Waals surface area contributed by atoms with Crippen molar-refractivity contribution in [3.63, 3.8) is 0 Å². The number of methoxy groups -OCH3 is 1. The third-order valence-electron chi connectivity index (χ3n) is 4.36. The van der Waals surface area contributed by atoms with Gasteiger partial charge in [-0.2, -0.15) is 0 Å². The molecule has 0 radical (unpaired) electrons. The molecular weight excluding hydrogens is 354 g/mol. The number of carbonyl (C=O) groups is 2. The van der Waals surface area contributed by atoms with Gasteiger partial charge >= 0.3 is 5.97 Å². The van der Waals surface area contributed by atoms with E-state index in [1.165, 1.54) is 14.0 Å². The first-order valence-corrected chi connectivity index (χ1v) is 9.74. The van der Waals surface area contributed by atoms with Gasteiger partial charge in [0.2, 0.25) is 5.91 Å². The smallest absolute Gasteiger partial charge is 0.305 e. The Labute approximate surface area is 167 Å². The summed E-state index contributed by atoms with van der Waals surface area (Å²) in [6.45, 7) is 4.19. The van der Waals surface area contributed by atoms with Crippen molar-refractivity contribution in [2.45, 2.75) is 46.0 Å². The second-order valence-electron chi connectivity index (χ2n) is 6.70. The maximum atomic E-state index is 11.8. The molecule has 0 fully saturated rings. The Morgan fingerprint density at radius 3 is 2.46 bits per heavy atom. The number of esters is 1. The van der Waals surface area contributed by atoms with E-state index in [2.05, 4.69) is 18.3 Å². The molecule has 0 aromatic heterocycles.